The Morgan fingerprint density at radius 1 is 1.19 bits per heavy atom. The minimum Gasteiger partial charge on any atom is -0.467 e. The number of benzene rings is 1. The van der Waals surface area contributed by atoms with Gasteiger partial charge in [-0.25, -0.2) is 9.07 Å². The molecule has 2 aromatic heterocycles. The number of likely N-dealkylation sites (tertiary alicyclic amines) is 1. The molecule has 0 spiro atoms. The summed E-state index contributed by atoms with van der Waals surface area (Å²) in [6.07, 6.45) is 2.76. The van der Waals surface area contributed by atoms with Crippen molar-refractivity contribution < 1.29 is 14.2 Å². The number of aromatic nitrogens is 4. The largest absolute Gasteiger partial charge is 0.467 e. The van der Waals surface area contributed by atoms with Crippen LogP contribution in [0.25, 0.3) is 16.7 Å². The average Bonchev–Trinajstić information content (AvgIpc) is 3.13. The summed E-state index contributed by atoms with van der Waals surface area (Å²) in [4.78, 5) is 12.9. The molecular weight excluding hydrogens is 399 g/mol. The van der Waals surface area contributed by atoms with Gasteiger partial charge in [0.15, 0.2) is 5.82 Å². The first-order valence-corrected chi connectivity index (χ1v) is 10.6. The highest BCUT2D eigenvalue weighted by Gasteiger charge is 2.37. The monoisotopic (exact) mass is 426 g/mol. The molecule has 0 aliphatic carbocycles. The fourth-order valence-electron chi connectivity index (χ4n) is 4.69. The van der Waals surface area contributed by atoms with Crippen LogP contribution in [0, 0.1) is 6.92 Å². The zero-order chi connectivity index (χ0) is 21.8. The molecule has 0 amide bonds. The van der Waals surface area contributed by atoms with Crippen molar-refractivity contribution >= 4 is 16.7 Å². The van der Waals surface area contributed by atoms with Crippen molar-refractivity contribution in [1.29, 1.82) is 0 Å². The highest BCUT2D eigenvalue weighted by molar-refractivity contribution is 5.82. The molecule has 2 aliphatic rings. The molecular formula is C22H27FN6O2. The number of alkyl halides is 1. The number of nitrogens with zero attached hydrogens (tertiary/aromatic N) is 6. The summed E-state index contributed by atoms with van der Waals surface area (Å²) in [6, 6.07) is 5.95. The van der Waals surface area contributed by atoms with E-state index in [4.69, 9.17) is 4.74 Å². The third-order valence-electron chi connectivity index (χ3n) is 6.29. The lowest BCUT2D eigenvalue weighted by Gasteiger charge is -2.37. The van der Waals surface area contributed by atoms with Crippen molar-refractivity contribution in [2.45, 2.75) is 31.5 Å². The average molecular weight is 426 g/mol. The Hall–Kier alpha value is -2.78. The molecule has 0 saturated carbocycles. The first kappa shape index (κ1) is 20.1. The van der Waals surface area contributed by atoms with Crippen molar-refractivity contribution in [1.82, 2.24) is 24.6 Å². The van der Waals surface area contributed by atoms with Gasteiger partial charge in [-0.15, -0.1) is 0 Å². The smallest absolute Gasteiger partial charge is 0.320 e. The Morgan fingerprint density at radius 2 is 1.97 bits per heavy atom. The van der Waals surface area contributed by atoms with Crippen molar-refractivity contribution in [2.24, 2.45) is 0 Å². The van der Waals surface area contributed by atoms with E-state index in [-0.39, 0.29) is 12.1 Å². The Balaban J connectivity index is 1.60. The van der Waals surface area contributed by atoms with Crippen LogP contribution >= 0.6 is 0 Å². The number of likely N-dealkylation sites (N-methyl/N-ethyl adjacent to an activating group) is 1. The number of aliphatic hydroxyl groups is 1. The zero-order valence-electron chi connectivity index (χ0n) is 18.0. The van der Waals surface area contributed by atoms with E-state index in [9.17, 15) is 5.11 Å². The number of anilines is 1. The topological polar surface area (TPSA) is 79.5 Å². The Kier molecular flexibility index (Phi) is 4.82. The first-order chi connectivity index (χ1) is 14.9. The van der Waals surface area contributed by atoms with Crippen LogP contribution in [0.15, 0.2) is 24.4 Å². The molecule has 3 aromatic rings. The number of β-amino-alcohol motifs (C(OH)–C–C–N with tert-alkyl or cyclic N) is 1. The molecule has 9 heteroatoms. The van der Waals surface area contributed by atoms with Crippen LogP contribution < -0.4 is 9.64 Å². The van der Waals surface area contributed by atoms with Gasteiger partial charge in [-0.05, 0) is 56.6 Å². The maximum atomic E-state index is 16.0. The molecule has 31 heavy (non-hydrogen) atoms. The van der Waals surface area contributed by atoms with Gasteiger partial charge >= 0.3 is 6.01 Å². The van der Waals surface area contributed by atoms with Crippen LogP contribution in [-0.2, 0) is 5.67 Å². The Labute approximate surface area is 180 Å². The van der Waals surface area contributed by atoms with E-state index in [0.717, 1.165) is 29.4 Å². The molecule has 8 nitrogen and oxygen atoms in total. The van der Waals surface area contributed by atoms with Crippen LogP contribution in [0.4, 0.5) is 10.2 Å². The third-order valence-corrected chi connectivity index (χ3v) is 6.29. The van der Waals surface area contributed by atoms with E-state index in [2.05, 4.69) is 15.1 Å². The van der Waals surface area contributed by atoms with Gasteiger partial charge in [0.1, 0.15) is 11.5 Å². The van der Waals surface area contributed by atoms with Crippen molar-refractivity contribution in [2.75, 3.05) is 45.2 Å². The summed E-state index contributed by atoms with van der Waals surface area (Å²) < 4.78 is 23.0. The van der Waals surface area contributed by atoms with Crippen LogP contribution in [0.3, 0.4) is 0 Å². The van der Waals surface area contributed by atoms with E-state index in [1.165, 1.54) is 7.11 Å². The quantitative estimate of drug-likeness (QED) is 0.685. The summed E-state index contributed by atoms with van der Waals surface area (Å²) in [5.41, 5.74) is 1.05. The van der Waals surface area contributed by atoms with E-state index in [1.807, 2.05) is 42.0 Å². The van der Waals surface area contributed by atoms with Gasteiger partial charge in [-0.1, -0.05) is 0 Å². The van der Waals surface area contributed by atoms with E-state index in [1.54, 1.807) is 10.9 Å². The Morgan fingerprint density at radius 3 is 2.68 bits per heavy atom. The van der Waals surface area contributed by atoms with Gasteiger partial charge in [-0.3, -0.25) is 0 Å². The molecule has 2 fully saturated rings. The van der Waals surface area contributed by atoms with Gasteiger partial charge in [0.05, 0.1) is 24.9 Å². The molecule has 1 atom stereocenters. The van der Waals surface area contributed by atoms with Gasteiger partial charge in [0.25, 0.3) is 0 Å². The minimum atomic E-state index is -1.39. The van der Waals surface area contributed by atoms with E-state index in [0.29, 0.717) is 43.3 Å². The highest BCUT2D eigenvalue weighted by Crippen LogP contribution is 2.39. The summed E-state index contributed by atoms with van der Waals surface area (Å²) in [5.74, 6) is 1.21. The maximum Gasteiger partial charge on any atom is 0.320 e. The lowest BCUT2D eigenvalue weighted by Crippen LogP contribution is -2.51. The molecule has 4 heterocycles. The summed E-state index contributed by atoms with van der Waals surface area (Å²) >= 11 is 0. The van der Waals surface area contributed by atoms with Gasteiger partial charge in [0.2, 0.25) is 0 Å². The summed E-state index contributed by atoms with van der Waals surface area (Å²) in [5, 5.41) is 15.1. The predicted octanol–water partition coefficient (Wildman–Crippen LogP) is 2.20. The lowest BCUT2D eigenvalue weighted by atomic mass is 9.84. The number of methoxy groups -OCH3 is 1. The van der Waals surface area contributed by atoms with Crippen LogP contribution in [0.5, 0.6) is 6.01 Å². The van der Waals surface area contributed by atoms with Crippen molar-refractivity contribution in [3.8, 4) is 11.8 Å². The second kappa shape index (κ2) is 7.42. The van der Waals surface area contributed by atoms with Gasteiger partial charge in [0, 0.05) is 31.1 Å². The molecule has 0 radical (unpaired) electrons. The Bertz CT molecular complexity index is 1130. The SMILES string of the molecule is COc1nc(N2CC(O)C2)cc(-n2ncc3cc(C)c(C4(F)CCCN(C)C4)cc32)n1. The number of hydrogen-bond acceptors (Lipinski definition) is 7. The highest BCUT2D eigenvalue weighted by atomic mass is 19.1. The molecule has 2 saturated heterocycles. The molecule has 1 aromatic carbocycles. The standard InChI is InChI=1S/C22H27FN6O2/c1-14-7-15-10-24-29(18(15)8-17(14)22(23)5-4-6-27(2)13-22)20-9-19(25-21(26-20)31-3)28-11-16(30)12-28/h7-10,16,30H,4-6,11-13H2,1-3H3. The number of piperidine rings is 1. The van der Waals surface area contributed by atoms with E-state index < -0.39 is 5.67 Å². The fourth-order valence-corrected chi connectivity index (χ4v) is 4.69. The molecule has 0 bridgehead atoms. The van der Waals surface area contributed by atoms with Crippen LogP contribution in [0.2, 0.25) is 0 Å². The first-order valence-electron chi connectivity index (χ1n) is 10.6. The number of rotatable bonds is 4. The predicted molar refractivity (Wildman–Crippen MR) is 116 cm³/mol. The van der Waals surface area contributed by atoms with Gasteiger partial charge in [-0.2, -0.15) is 15.1 Å². The zero-order valence-corrected chi connectivity index (χ0v) is 18.0. The second-order valence-electron chi connectivity index (χ2n) is 8.72. The summed E-state index contributed by atoms with van der Waals surface area (Å²) in [7, 11) is 3.48. The molecule has 1 unspecified atom stereocenters. The number of halogens is 1. The lowest BCUT2D eigenvalue weighted by molar-refractivity contribution is 0.0559. The molecule has 2 aliphatic heterocycles. The number of aryl methyl sites for hydroxylation is 1. The number of ether oxygens (including phenoxy) is 1. The molecule has 164 valence electrons. The number of hydrogen-bond donors (Lipinski definition) is 1. The van der Waals surface area contributed by atoms with Crippen LogP contribution in [-0.4, -0.2) is 76.2 Å². The maximum absolute atomic E-state index is 16.0. The second-order valence-corrected chi connectivity index (χ2v) is 8.72. The fraction of sp³-hybridized carbons (Fsp3) is 0.500. The van der Waals surface area contributed by atoms with Crippen molar-refractivity contribution in [3.05, 3.63) is 35.5 Å². The number of aliphatic hydroxyl groups excluding tert-OH is 1. The van der Waals surface area contributed by atoms with Crippen molar-refractivity contribution in [3.63, 3.8) is 0 Å². The van der Waals surface area contributed by atoms with Crippen LogP contribution in [0.1, 0.15) is 24.0 Å². The third kappa shape index (κ3) is 3.51. The minimum absolute atomic E-state index is 0.223. The normalized spacial score (nSPS) is 22.7. The van der Waals surface area contributed by atoms with E-state index >= 15 is 4.39 Å². The summed E-state index contributed by atoms with van der Waals surface area (Å²) in [6.45, 7) is 4.29. The molecule has 5 rings (SSSR count). The van der Waals surface area contributed by atoms with Gasteiger partial charge < -0.3 is 19.6 Å². The molecule has 1 N–H and O–H groups in total. The number of fused-ring (bicyclic) bond motifs is 1.